The average Bonchev–Trinajstić information content (AvgIpc) is 3.04. The Kier molecular flexibility index (Phi) is 11.0. The number of rotatable bonds is 14. The Morgan fingerprint density at radius 2 is 1.40 bits per heavy atom. The quantitative estimate of drug-likeness (QED) is 0.185. The summed E-state index contributed by atoms with van der Waals surface area (Å²) in [5.41, 5.74) is 3.49. The van der Waals surface area contributed by atoms with Crippen LogP contribution in [-0.2, 0) is 11.2 Å². The van der Waals surface area contributed by atoms with Crippen molar-refractivity contribution < 1.29 is 29.3 Å². The number of benzene rings is 4. The van der Waals surface area contributed by atoms with Crippen LogP contribution in [-0.4, -0.2) is 59.2 Å². The zero-order chi connectivity index (χ0) is 30.6. The van der Waals surface area contributed by atoms with Crippen molar-refractivity contribution in [2.24, 2.45) is 0 Å². The van der Waals surface area contributed by atoms with Crippen LogP contribution in [0.1, 0.15) is 51.2 Å². The van der Waals surface area contributed by atoms with E-state index >= 15 is 0 Å². The van der Waals surface area contributed by atoms with E-state index in [9.17, 15) is 24.6 Å². The molecule has 0 fully saturated rings. The van der Waals surface area contributed by atoms with Gasteiger partial charge in [-0.15, -0.1) is 0 Å². The van der Waals surface area contributed by atoms with Crippen molar-refractivity contribution in [3.8, 4) is 16.9 Å². The maximum Gasteiger partial charge on any atom is 0.305 e. The highest BCUT2D eigenvalue weighted by Gasteiger charge is 2.24. The molecule has 0 saturated carbocycles. The first-order valence-electron chi connectivity index (χ1n) is 14.3. The summed E-state index contributed by atoms with van der Waals surface area (Å²) in [6.45, 7) is 2.43. The molecule has 2 amide bonds. The van der Waals surface area contributed by atoms with Gasteiger partial charge in [0.2, 0.25) is 0 Å². The fourth-order valence-electron chi connectivity index (χ4n) is 4.95. The van der Waals surface area contributed by atoms with Gasteiger partial charge in [-0.3, -0.25) is 14.4 Å². The van der Waals surface area contributed by atoms with E-state index in [0.717, 1.165) is 16.9 Å². The molecule has 4 aromatic carbocycles. The molecule has 222 valence electrons. The van der Waals surface area contributed by atoms with Gasteiger partial charge in [-0.25, -0.2) is 0 Å². The van der Waals surface area contributed by atoms with Gasteiger partial charge in [0.1, 0.15) is 5.75 Å². The third-order valence-corrected chi connectivity index (χ3v) is 7.12. The number of ether oxygens (including phenoxy) is 1. The first-order valence-corrected chi connectivity index (χ1v) is 14.3. The topological polar surface area (TPSA) is 116 Å². The lowest BCUT2D eigenvalue weighted by Gasteiger charge is -2.24. The predicted octanol–water partition coefficient (Wildman–Crippen LogP) is 5.38. The summed E-state index contributed by atoms with van der Waals surface area (Å²) in [4.78, 5) is 40.6. The number of carboxylic acid groups (broad SMARTS) is 1. The molecule has 0 aromatic heterocycles. The zero-order valence-electron chi connectivity index (χ0n) is 24.1. The van der Waals surface area contributed by atoms with Crippen LogP contribution >= 0.6 is 0 Å². The molecule has 0 aliphatic heterocycles. The molecule has 4 rings (SSSR count). The molecule has 0 bridgehead atoms. The minimum atomic E-state index is -1.00. The number of hydrogen-bond acceptors (Lipinski definition) is 5. The highest BCUT2D eigenvalue weighted by molar-refractivity contribution is 6.06. The van der Waals surface area contributed by atoms with Crippen LogP contribution in [0, 0.1) is 0 Å². The second kappa shape index (κ2) is 15.3. The number of carboxylic acids is 1. The minimum absolute atomic E-state index is 0.0245. The summed E-state index contributed by atoms with van der Waals surface area (Å²) in [6, 6.07) is 30.2. The van der Waals surface area contributed by atoms with E-state index in [4.69, 9.17) is 4.74 Å². The second-order valence-corrected chi connectivity index (χ2v) is 9.94. The van der Waals surface area contributed by atoms with E-state index in [1.165, 1.54) is 4.90 Å². The van der Waals surface area contributed by atoms with Crippen LogP contribution in [0.3, 0.4) is 0 Å². The average molecular weight is 581 g/mol. The van der Waals surface area contributed by atoms with Crippen molar-refractivity contribution in [1.29, 1.82) is 0 Å². The Hall–Kier alpha value is -4.95. The van der Waals surface area contributed by atoms with Crippen molar-refractivity contribution in [1.82, 2.24) is 10.2 Å². The molecule has 0 radical (unpaired) electrons. The lowest BCUT2D eigenvalue weighted by atomic mass is 9.94. The van der Waals surface area contributed by atoms with Crippen LogP contribution in [0.25, 0.3) is 11.1 Å². The Balaban J connectivity index is 1.64. The highest BCUT2D eigenvalue weighted by atomic mass is 16.5. The number of nitrogens with zero attached hydrogens (tertiary/aromatic N) is 1. The van der Waals surface area contributed by atoms with Gasteiger partial charge in [-0.05, 0) is 53.8 Å². The fourth-order valence-corrected chi connectivity index (χ4v) is 4.95. The molecule has 43 heavy (non-hydrogen) atoms. The monoisotopic (exact) mass is 580 g/mol. The highest BCUT2D eigenvalue weighted by Crippen LogP contribution is 2.29. The number of para-hydroxylation sites is 1. The van der Waals surface area contributed by atoms with E-state index in [1.54, 1.807) is 48.5 Å². The van der Waals surface area contributed by atoms with Crippen molar-refractivity contribution in [3.63, 3.8) is 0 Å². The van der Waals surface area contributed by atoms with Crippen molar-refractivity contribution >= 4 is 17.8 Å². The molecule has 0 spiro atoms. The summed E-state index contributed by atoms with van der Waals surface area (Å²) in [6.07, 6.45) is 0.271. The maximum atomic E-state index is 14.0. The Labute approximate surface area is 251 Å². The molecule has 3 N–H and O–H groups in total. The largest absolute Gasteiger partial charge is 0.494 e. The molecule has 1 atom stereocenters. The van der Waals surface area contributed by atoms with Crippen LogP contribution in [0.2, 0.25) is 0 Å². The van der Waals surface area contributed by atoms with Crippen LogP contribution in [0.4, 0.5) is 0 Å². The third-order valence-electron chi connectivity index (χ3n) is 7.12. The van der Waals surface area contributed by atoms with Gasteiger partial charge in [-0.2, -0.15) is 0 Å². The Morgan fingerprint density at radius 1 is 0.791 bits per heavy atom. The van der Waals surface area contributed by atoms with Gasteiger partial charge in [0.15, 0.2) is 0 Å². The van der Waals surface area contributed by atoms with E-state index in [1.807, 2.05) is 61.5 Å². The Morgan fingerprint density at radius 3 is 2.07 bits per heavy atom. The predicted molar refractivity (Wildman–Crippen MR) is 165 cm³/mol. The van der Waals surface area contributed by atoms with Crippen molar-refractivity contribution in [2.45, 2.75) is 25.8 Å². The van der Waals surface area contributed by atoms with Gasteiger partial charge in [-0.1, -0.05) is 84.9 Å². The summed E-state index contributed by atoms with van der Waals surface area (Å²) >= 11 is 0. The number of carbonyl (C=O) groups excluding carboxylic acids is 2. The molecule has 0 saturated heterocycles. The van der Waals surface area contributed by atoms with Gasteiger partial charge in [0.05, 0.1) is 25.7 Å². The maximum absolute atomic E-state index is 14.0. The molecule has 8 nitrogen and oxygen atoms in total. The molecular formula is C35H36N2O6. The third kappa shape index (κ3) is 8.08. The molecular weight excluding hydrogens is 544 g/mol. The molecule has 0 aliphatic rings. The first kappa shape index (κ1) is 31.0. The van der Waals surface area contributed by atoms with Gasteiger partial charge < -0.3 is 25.2 Å². The van der Waals surface area contributed by atoms with Crippen LogP contribution < -0.4 is 10.1 Å². The number of aliphatic hydroxyl groups excluding tert-OH is 1. The van der Waals surface area contributed by atoms with Gasteiger partial charge in [0.25, 0.3) is 11.8 Å². The number of nitrogens with one attached hydrogen (secondary N) is 1. The van der Waals surface area contributed by atoms with Crippen molar-refractivity contribution in [2.75, 3.05) is 26.3 Å². The molecule has 4 aromatic rings. The van der Waals surface area contributed by atoms with E-state index in [0.29, 0.717) is 35.3 Å². The number of carbonyl (C=O) groups is 3. The summed E-state index contributed by atoms with van der Waals surface area (Å²) in [5.74, 6) is -0.998. The summed E-state index contributed by atoms with van der Waals surface area (Å²) in [7, 11) is 0. The second-order valence-electron chi connectivity index (χ2n) is 9.94. The minimum Gasteiger partial charge on any atom is -0.494 e. The molecule has 0 heterocycles. The summed E-state index contributed by atoms with van der Waals surface area (Å²) in [5, 5.41) is 22.3. The first-order chi connectivity index (χ1) is 20.9. The zero-order valence-corrected chi connectivity index (χ0v) is 24.1. The van der Waals surface area contributed by atoms with Gasteiger partial charge >= 0.3 is 5.97 Å². The molecule has 8 heteroatoms. The van der Waals surface area contributed by atoms with Crippen LogP contribution in [0.15, 0.2) is 103 Å². The SMILES string of the molecule is CCOc1ccccc1CCN(CCC(=O)O)C(=O)c1ccccc1-c1ccccc1C(=O)N[C@@H](CO)c1ccccc1. The number of aliphatic hydroxyl groups is 1. The number of aliphatic carboxylic acids is 1. The van der Waals surface area contributed by atoms with Gasteiger partial charge in [0, 0.05) is 24.2 Å². The smallest absolute Gasteiger partial charge is 0.305 e. The lowest BCUT2D eigenvalue weighted by Crippen LogP contribution is -2.35. The standard InChI is InChI=1S/C35H36N2O6/c1-2-43-32-19-11-6-14-26(32)20-22-37(23-21-33(39)40)35(42)30-18-10-8-16-28(30)27-15-7-9-17-29(27)34(41)36-31(24-38)25-12-4-3-5-13-25/h3-19,31,38H,2,20-24H2,1H3,(H,36,41)(H,39,40)/t31-/m0/s1. The summed E-state index contributed by atoms with van der Waals surface area (Å²) < 4.78 is 5.74. The fraction of sp³-hybridized carbons (Fsp3) is 0.229. The van der Waals surface area contributed by atoms with E-state index in [-0.39, 0.29) is 32.0 Å². The number of amides is 2. The van der Waals surface area contributed by atoms with Crippen LogP contribution in [0.5, 0.6) is 5.75 Å². The van der Waals surface area contributed by atoms with Crippen molar-refractivity contribution in [3.05, 3.63) is 125 Å². The van der Waals surface area contributed by atoms with E-state index in [2.05, 4.69) is 5.32 Å². The van der Waals surface area contributed by atoms with E-state index < -0.39 is 17.9 Å². The lowest BCUT2D eigenvalue weighted by molar-refractivity contribution is -0.137. The molecule has 0 unspecified atom stereocenters. The normalized spacial score (nSPS) is 11.4. The Bertz CT molecular complexity index is 1540. The number of hydrogen-bond donors (Lipinski definition) is 3. The molecule has 0 aliphatic carbocycles.